The maximum absolute atomic E-state index is 11.5. The molecule has 2 aromatic carbocycles. The summed E-state index contributed by atoms with van der Waals surface area (Å²) in [6.45, 7) is 0.688. The second-order valence-corrected chi connectivity index (χ2v) is 5.12. The topological polar surface area (TPSA) is 75.6 Å². The molecule has 0 unspecified atom stereocenters. The van der Waals surface area contributed by atoms with Gasteiger partial charge >= 0.3 is 6.09 Å². The Morgan fingerprint density at radius 2 is 1.96 bits per heavy atom. The maximum Gasteiger partial charge on any atom is 0.407 e. The molecule has 24 heavy (non-hydrogen) atoms. The average molecular weight is 325 g/mol. The van der Waals surface area contributed by atoms with Crippen molar-refractivity contribution in [1.82, 2.24) is 5.32 Å². The number of alkyl carbamates (subject to hydrolysis) is 1. The van der Waals surface area contributed by atoms with E-state index in [4.69, 9.17) is 4.74 Å². The molecule has 0 bridgehead atoms. The number of phenolic OH excluding ortho intramolecular Hbond substituents is 1. The van der Waals surface area contributed by atoms with E-state index in [0.717, 1.165) is 11.1 Å². The highest BCUT2D eigenvalue weighted by molar-refractivity contribution is 5.79. The standard InChI is InChI=1S/C19H19NO4/c21-13-17-10-9-15(12-18(17)22)6-4-5-11-20-19(23)24-14-16-7-2-1-3-8-16/h1-4,6-10,12-13,22H,5,11,14H2,(H,20,23). The number of hydrogen-bond donors (Lipinski definition) is 2. The van der Waals surface area contributed by atoms with Gasteiger partial charge in [-0.05, 0) is 29.7 Å². The van der Waals surface area contributed by atoms with E-state index in [0.29, 0.717) is 19.3 Å². The Balaban J connectivity index is 1.67. The molecule has 124 valence electrons. The van der Waals surface area contributed by atoms with Crippen LogP contribution in [0.5, 0.6) is 5.75 Å². The highest BCUT2D eigenvalue weighted by Crippen LogP contribution is 2.17. The first kappa shape index (κ1) is 17.3. The van der Waals surface area contributed by atoms with Gasteiger partial charge in [0, 0.05) is 6.54 Å². The number of aromatic hydroxyl groups is 1. The SMILES string of the molecule is O=Cc1ccc(C=CCCNC(=O)OCc2ccccc2)cc1O. The van der Waals surface area contributed by atoms with Crippen molar-refractivity contribution in [3.05, 3.63) is 71.3 Å². The zero-order valence-electron chi connectivity index (χ0n) is 13.1. The largest absolute Gasteiger partial charge is 0.507 e. The van der Waals surface area contributed by atoms with Crippen LogP contribution in [0.25, 0.3) is 6.08 Å². The molecular weight excluding hydrogens is 306 g/mol. The monoisotopic (exact) mass is 325 g/mol. The fourth-order valence-corrected chi connectivity index (χ4v) is 2.02. The van der Waals surface area contributed by atoms with E-state index in [1.54, 1.807) is 12.1 Å². The number of aldehydes is 1. The molecule has 5 heteroatoms. The van der Waals surface area contributed by atoms with Crippen LogP contribution in [0.3, 0.4) is 0 Å². The van der Waals surface area contributed by atoms with Gasteiger partial charge in [0.05, 0.1) is 5.56 Å². The number of rotatable bonds is 7. The molecule has 0 aliphatic carbocycles. The van der Waals surface area contributed by atoms with E-state index < -0.39 is 6.09 Å². The first-order valence-electron chi connectivity index (χ1n) is 7.58. The van der Waals surface area contributed by atoms with E-state index in [2.05, 4.69) is 5.32 Å². The third kappa shape index (κ3) is 5.61. The van der Waals surface area contributed by atoms with Crippen LogP contribution in [0.1, 0.15) is 27.9 Å². The molecule has 0 aliphatic rings. The fraction of sp³-hybridized carbons (Fsp3) is 0.158. The summed E-state index contributed by atoms with van der Waals surface area (Å²) in [6.07, 6.45) is 4.45. The molecule has 0 radical (unpaired) electrons. The van der Waals surface area contributed by atoms with Crippen LogP contribution in [0.4, 0.5) is 4.79 Å². The van der Waals surface area contributed by atoms with Crippen LogP contribution in [-0.4, -0.2) is 24.0 Å². The van der Waals surface area contributed by atoms with Crippen molar-refractivity contribution in [1.29, 1.82) is 0 Å². The third-order valence-corrected chi connectivity index (χ3v) is 3.28. The zero-order valence-corrected chi connectivity index (χ0v) is 13.1. The Bertz CT molecular complexity index is 711. The lowest BCUT2D eigenvalue weighted by Gasteiger charge is -2.05. The summed E-state index contributed by atoms with van der Waals surface area (Å²) in [4.78, 5) is 22.2. The molecule has 0 aliphatic heterocycles. The summed E-state index contributed by atoms with van der Waals surface area (Å²) in [5.74, 6) is -0.0465. The van der Waals surface area contributed by atoms with Crippen LogP contribution in [0.2, 0.25) is 0 Å². The lowest BCUT2D eigenvalue weighted by Crippen LogP contribution is -2.24. The number of nitrogens with one attached hydrogen (secondary N) is 1. The molecule has 0 heterocycles. The van der Waals surface area contributed by atoms with Crippen molar-refractivity contribution >= 4 is 18.5 Å². The molecule has 5 nitrogen and oxygen atoms in total. The lowest BCUT2D eigenvalue weighted by atomic mass is 10.1. The number of carbonyl (C=O) groups excluding carboxylic acids is 2. The van der Waals surface area contributed by atoms with Crippen molar-refractivity contribution in [2.24, 2.45) is 0 Å². The molecule has 0 aromatic heterocycles. The highest BCUT2D eigenvalue weighted by atomic mass is 16.5. The average Bonchev–Trinajstić information content (AvgIpc) is 2.61. The second-order valence-electron chi connectivity index (χ2n) is 5.12. The van der Waals surface area contributed by atoms with Crippen molar-refractivity contribution in [3.63, 3.8) is 0 Å². The van der Waals surface area contributed by atoms with Gasteiger partial charge in [0.25, 0.3) is 0 Å². The molecule has 2 rings (SSSR count). The van der Waals surface area contributed by atoms with Crippen LogP contribution in [0, 0.1) is 0 Å². The van der Waals surface area contributed by atoms with Crippen molar-refractivity contribution in [2.75, 3.05) is 6.54 Å². The van der Waals surface area contributed by atoms with Gasteiger partial charge in [0.1, 0.15) is 12.4 Å². The van der Waals surface area contributed by atoms with Crippen LogP contribution >= 0.6 is 0 Å². The molecule has 1 amide bonds. The van der Waals surface area contributed by atoms with Gasteiger partial charge in [-0.1, -0.05) is 48.6 Å². The molecule has 2 N–H and O–H groups in total. The van der Waals surface area contributed by atoms with Crippen molar-refractivity contribution in [3.8, 4) is 5.75 Å². The first-order chi connectivity index (χ1) is 11.7. The summed E-state index contributed by atoms with van der Waals surface area (Å²) in [7, 11) is 0. The Morgan fingerprint density at radius 1 is 1.17 bits per heavy atom. The minimum absolute atomic E-state index is 0.0465. The van der Waals surface area contributed by atoms with Gasteiger partial charge in [0.2, 0.25) is 0 Å². The Morgan fingerprint density at radius 3 is 2.67 bits per heavy atom. The smallest absolute Gasteiger partial charge is 0.407 e. The number of carbonyl (C=O) groups is 2. The highest BCUT2D eigenvalue weighted by Gasteiger charge is 2.01. The summed E-state index contributed by atoms with van der Waals surface area (Å²) in [6, 6.07) is 14.3. The van der Waals surface area contributed by atoms with E-state index in [1.165, 1.54) is 6.07 Å². The van der Waals surface area contributed by atoms with E-state index in [9.17, 15) is 14.7 Å². The quantitative estimate of drug-likeness (QED) is 0.603. The van der Waals surface area contributed by atoms with Crippen LogP contribution in [0.15, 0.2) is 54.6 Å². The number of ether oxygens (including phenoxy) is 1. The second kappa shape index (κ2) is 9.15. The molecule has 2 aromatic rings. The predicted molar refractivity (Wildman–Crippen MR) is 91.8 cm³/mol. The van der Waals surface area contributed by atoms with E-state index in [1.807, 2.05) is 42.5 Å². The molecule has 0 saturated heterocycles. The Kier molecular flexibility index (Phi) is 6.58. The first-order valence-corrected chi connectivity index (χ1v) is 7.58. The van der Waals surface area contributed by atoms with Gasteiger partial charge in [-0.3, -0.25) is 4.79 Å². The predicted octanol–water partition coefficient (Wildman–Crippen LogP) is 3.53. The molecule has 0 fully saturated rings. The third-order valence-electron chi connectivity index (χ3n) is 3.28. The number of amides is 1. The number of benzene rings is 2. The molecule has 0 atom stereocenters. The maximum atomic E-state index is 11.5. The van der Waals surface area contributed by atoms with Gasteiger partial charge in [-0.25, -0.2) is 4.79 Å². The lowest BCUT2D eigenvalue weighted by molar-refractivity contribution is 0.112. The minimum Gasteiger partial charge on any atom is -0.507 e. The van der Waals surface area contributed by atoms with Gasteiger partial charge in [-0.2, -0.15) is 0 Å². The van der Waals surface area contributed by atoms with Crippen molar-refractivity contribution in [2.45, 2.75) is 13.0 Å². The number of phenols is 1. The summed E-state index contributed by atoms with van der Waals surface area (Å²) >= 11 is 0. The molecule has 0 saturated carbocycles. The molecular formula is C19H19NO4. The minimum atomic E-state index is -0.458. The van der Waals surface area contributed by atoms with Crippen molar-refractivity contribution < 1.29 is 19.4 Å². The van der Waals surface area contributed by atoms with Gasteiger partial charge in [0.15, 0.2) is 6.29 Å². The summed E-state index contributed by atoms with van der Waals surface area (Å²) < 4.78 is 5.09. The van der Waals surface area contributed by atoms with E-state index >= 15 is 0 Å². The van der Waals surface area contributed by atoms with Crippen LogP contribution < -0.4 is 5.32 Å². The van der Waals surface area contributed by atoms with Gasteiger partial charge < -0.3 is 15.2 Å². The summed E-state index contributed by atoms with van der Waals surface area (Å²) in [5, 5.41) is 12.2. The fourth-order valence-electron chi connectivity index (χ4n) is 2.02. The summed E-state index contributed by atoms with van der Waals surface area (Å²) in [5.41, 5.74) is 1.98. The van der Waals surface area contributed by atoms with E-state index in [-0.39, 0.29) is 17.9 Å². The normalized spacial score (nSPS) is 10.5. The van der Waals surface area contributed by atoms with Crippen LogP contribution in [-0.2, 0) is 11.3 Å². The molecule has 0 spiro atoms. The zero-order chi connectivity index (χ0) is 17.2. The Labute approximate surface area is 140 Å². The Hall–Kier alpha value is -3.08. The number of hydrogen-bond acceptors (Lipinski definition) is 4. The van der Waals surface area contributed by atoms with Gasteiger partial charge in [-0.15, -0.1) is 0 Å².